The molecule has 0 aliphatic carbocycles. The summed E-state index contributed by atoms with van der Waals surface area (Å²) in [5.41, 5.74) is 0.166. The molecule has 0 N–H and O–H groups in total. The third-order valence-corrected chi connectivity index (χ3v) is 3.06. The second-order valence-electron chi connectivity index (χ2n) is 6.40. The molecule has 0 aliphatic rings. The molecular weight excluding hydrogens is 266 g/mol. The lowest BCUT2D eigenvalue weighted by Gasteiger charge is -2.35. The minimum absolute atomic E-state index is 0.142. The maximum absolute atomic E-state index is 12.6. The predicted molar refractivity (Wildman–Crippen MR) is 84.5 cm³/mol. The van der Waals surface area contributed by atoms with Gasteiger partial charge in [0.25, 0.3) is 0 Å². The number of hydrogen-bond acceptors (Lipinski definition) is 3. The molecule has 1 unspecified atom stereocenters. The number of rotatable bonds is 5. The highest BCUT2D eigenvalue weighted by atomic mass is 16.6. The number of carbonyl (C=O) groups excluding carboxylic acids is 2. The van der Waals surface area contributed by atoms with Gasteiger partial charge in [-0.15, -0.1) is 0 Å². The van der Waals surface area contributed by atoms with Gasteiger partial charge in [0, 0.05) is 18.2 Å². The molecule has 1 amide bonds. The number of nitrogens with zero attached hydrogens (tertiary/aromatic N) is 1. The second kappa shape index (κ2) is 7.25. The second-order valence-corrected chi connectivity index (χ2v) is 6.40. The van der Waals surface area contributed by atoms with Crippen LogP contribution >= 0.6 is 0 Å². The van der Waals surface area contributed by atoms with E-state index in [1.54, 1.807) is 4.90 Å². The van der Waals surface area contributed by atoms with Gasteiger partial charge in [-0.3, -0.25) is 4.90 Å². The number of ether oxygens (including phenoxy) is 1. The molecule has 1 aromatic carbocycles. The molecule has 0 aliphatic heterocycles. The lowest BCUT2D eigenvalue weighted by atomic mass is 9.99. The zero-order chi connectivity index (χ0) is 16.0. The van der Waals surface area contributed by atoms with Gasteiger partial charge in [0.2, 0.25) is 0 Å². The number of benzene rings is 1. The molecular formula is C17H25NO3. The summed E-state index contributed by atoms with van der Waals surface area (Å²) < 4.78 is 5.50. The van der Waals surface area contributed by atoms with Gasteiger partial charge in [-0.25, -0.2) is 4.79 Å². The topological polar surface area (TPSA) is 46.6 Å². The quantitative estimate of drug-likeness (QED) is 0.769. The summed E-state index contributed by atoms with van der Waals surface area (Å²) >= 11 is 0. The molecule has 0 heterocycles. The lowest BCUT2D eigenvalue weighted by molar-refractivity contribution is -0.108. The van der Waals surface area contributed by atoms with E-state index in [4.69, 9.17) is 4.74 Å². The van der Waals surface area contributed by atoms with Gasteiger partial charge in [0.05, 0.1) is 0 Å². The molecule has 0 fully saturated rings. The minimum atomic E-state index is -0.577. The minimum Gasteiger partial charge on any atom is -0.443 e. The van der Waals surface area contributed by atoms with Crippen LogP contribution in [-0.4, -0.2) is 24.0 Å². The highest BCUT2D eigenvalue weighted by Crippen LogP contribution is 2.25. The predicted octanol–water partition coefficient (Wildman–Crippen LogP) is 4.04. The number of amides is 1. The highest BCUT2D eigenvalue weighted by molar-refractivity contribution is 5.89. The van der Waals surface area contributed by atoms with Crippen LogP contribution in [0.3, 0.4) is 0 Å². The summed E-state index contributed by atoms with van der Waals surface area (Å²) in [6.45, 7) is 9.48. The van der Waals surface area contributed by atoms with Crippen LogP contribution in [0, 0.1) is 5.92 Å². The summed E-state index contributed by atoms with van der Waals surface area (Å²) in [5, 5.41) is 0. The highest BCUT2D eigenvalue weighted by Gasteiger charge is 2.31. The zero-order valence-electron chi connectivity index (χ0n) is 13.5. The van der Waals surface area contributed by atoms with Crippen molar-refractivity contribution in [2.24, 2.45) is 5.92 Å². The van der Waals surface area contributed by atoms with Crippen LogP contribution < -0.4 is 4.90 Å². The van der Waals surface area contributed by atoms with E-state index in [1.165, 1.54) is 0 Å². The largest absolute Gasteiger partial charge is 0.443 e. The molecule has 0 spiro atoms. The summed E-state index contributed by atoms with van der Waals surface area (Å²) in [5.74, 6) is 0.142. The Kier molecular flexibility index (Phi) is 5.94. The summed E-state index contributed by atoms with van der Waals surface area (Å²) in [4.78, 5) is 25.1. The van der Waals surface area contributed by atoms with Gasteiger partial charge in [-0.2, -0.15) is 0 Å². The SMILES string of the molecule is CC(C)C(CC=O)N(C(=O)OC(C)(C)C)c1ccccc1. The van der Waals surface area contributed by atoms with Crippen molar-refractivity contribution in [3.63, 3.8) is 0 Å². The normalized spacial score (nSPS) is 12.9. The van der Waals surface area contributed by atoms with E-state index in [2.05, 4.69) is 0 Å². The number of carbonyl (C=O) groups is 2. The summed E-state index contributed by atoms with van der Waals surface area (Å²) in [6, 6.07) is 9.10. The smallest absolute Gasteiger partial charge is 0.415 e. The van der Waals surface area contributed by atoms with Crippen molar-refractivity contribution < 1.29 is 14.3 Å². The fraction of sp³-hybridized carbons (Fsp3) is 0.529. The Morgan fingerprint density at radius 1 is 1.24 bits per heavy atom. The van der Waals surface area contributed by atoms with Crippen LogP contribution in [0.4, 0.5) is 10.5 Å². The first kappa shape index (κ1) is 17.2. The van der Waals surface area contributed by atoms with Crippen LogP contribution in [0.2, 0.25) is 0 Å². The van der Waals surface area contributed by atoms with Crippen molar-refractivity contribution >= 4 is 18.1 Å². The van der Waals surface area contributed by atoms with Gasteiger partial charge in [0.15, 0.2) is 0 Å². The summed E-state index contributed by atoms with van der Waals surface area (Å²) in [6.07, 6.45) is 0.714. The lowest BCUT2D eigenvalue weighted by Crippen LogP contribution is -2.46. The van der Waals surface area contributed by atoms with Crippen LogP contribution in [0.1, 0.15) is 41.0 Å². The van der Waals surface area contributed by atoms with Gasteiger partial charge in [-0.05, 0) is 38.8 Å². The van der Waals surface area contributed by atoms with Crippen LogP contribution in [0.25, 0.3) is 0 Å². The van der Waals surface area contributed by atoms with Gasteiger partial charge >= 0.3 is 6.09 Å². The van der Waals surface area contributed by atoms with E-state index < -0.39 is 11.7 Å². The average Bonchev–Trinajstić information content (AvgIpc) is 2.37. The number of anilines is 1. The molecule has 1 rings (SSSR count). The van der Waals surface area contributed by atoms with E-state index >= 15 is 0 Å². The average molecular weight is 291 g/mol. The molecule has 4 heteroatoms. The van der Waals surface area contributed by atoms with Gasteiger partial charge in [0.1, 0.15) is 11.9 Å². The standard InChI is InChI=1S/C17H25NO3/c1-13(2)15(11-12-19)18(14-9-7-6-8-10-14)16(20)21-17(3,4)5/h6-10,12-13,15H,11H2,1-5H3. The molecule has 0 saturated heterocycles. The van der Waals surface area contributed by atoms with Crippen molar-refractivity contribution in [2.45, 2.75) is 52.7 Å². The van der Waals surface area contributed by atoms with Gasteiger partial charge in [-0.1, -0.05) is 32.0 Å². The van der Waals surface area contributed by atoms with Crippen molar-refractivity contribution in [1.82, 2.24) is 0 Å². The number of para-hydroxylation sites is 1. The van der Waals surface area contributed by atoms with Crippen molar-refractivity contribution in [2.75, 3.05) is 4.90 Å². The molecule has 1 atom stereocenters. The van der Waals surface area contributed by atoms with E-state index in [1.807, 2.05) is 65.0 Å². The molecule has 1 aromatic rings. The Hall–Kier alpha value is -1.84. The first-order valence-electron chi connectivity index (χ1n) is 7.27. The van der Waals surface area contributed by atoms with E-state index in [9.17, 15) is 9.59 Å². The third-order valence-electron chi connectivity index (χ3n) is 3.06. The molecule has 0 radical (unpaired) electrons. The van der Waals surface area contributed by atoms with Crippen molar-refractivity contribution in [1.29, 1.82) is 0 Å². The Bertz CT molecular complexity index is 463. The molecule has 116 valence electrons. The summed E-state index contributed by atoms with van der Waals surface area (Å²) in [7, 11) is 0. The number of aldehydes is 1. The Morgan fingerprint density at radius 2 is 1.81 bits per heavy atom. The molecule has 4 nitrogen and oxygen atoms in total. The Labute approximate surface area is 127 Å². The van der Waals surface area contributed by atoms with Gasteiger partial charge < -0.3 is 9.53 Å². The fourth-order valence-corrected chi connectivity index (χ4v) is 2.11. The first-order valence-corrected chi connectivity index (χ1v) is 7.27. The maximum atomic E-state index is 12.6. The zero-order valence-corrected chi connectivity index (χ0v) is 13.5. The first-order chi connectivity index (χ1) is 9.76. The fourth-order valence-electron chi connectivity index (χ4n) is 2.11. The Morgan fingerprint density at radius 3 is 2.24 bits per heavy atom. The van der Waals surface area contributed by atoms with E-state index in [0.717, 1.165) is 12.0 Å². The third kappa shape index (κ3) is 5.21. The molecule has 0 bridgehead atoms. The van der Waals surface area contributed by atoms with Crippen molar-refractivity contribution in [3.8, 4) is 0 Å². The van der Waals surface area contributed by atoms with E-state index in [-0.39, 0.29) is 18.4 Å². The Balaban J connectivity index is 3.16. The molecule has 21 heavy (non-hydrogen) atoms. The molecule has 0 aromatic heterocycles. The molecule has 0 saturated carbocycles. The van der Waals surface area contributed by atoms with Crippen molar-refractivity contribution in [3.05, 3.63) is 30.3 Å². The monoisotopic (exact) mass is 291 g/mol. The maximum Gasteiger partial charge on any atom is 0.415 e. The van der Waals surface area contributed by atoms with E-state index in [0.29, 0.717) is 0 Å². The number of hydrogen-bond donors (Lipinski definition) is 0. The van der Waals surface area contributed by atoms with Crippen LogP contribution in [0.5, 0.6) is 0 Å². The van der Waals surface area contributed by atoms with Crippen LogP contribution in [0.15, 0.2) is 30.3 Å². The van der Waals surface area contributed by atoms with Crippen LogP contribution in [-0.2, 0) is 9.53 Å².